The molecule has 0 aliphatic heterocycles. The summed E-state index contributed by atoms with van der Waals surface area (Å²) in [6.07, 6.45) is 0. The normalized spacial score (nSPS) is 10.1. The van der Waals surface area contributed by atoms with Gasteiger partial charge in [-0.05, 0) is 49.0 Å². The second kappa shape index (κ2) is 9.42. The zero-order chi connectivity index (χ0) is 19.1. The minimum absolute atomic E-state index is 0.0779. The van der Waals surface area contributed by atoms with Crippen LogP contribution in [-0.2, 0) is 0 Å². The molecule has 0 saturated carbocycles. The number of hydrogen-bond acceptors (Lipinski definition) is 4. The SMILES string of the molecule is Cc1ccc(C(=O)NC(=S)Nc2ccccc2C(=O)NCCO)cc1Br. The second-order valence-corrected chi connectivity index (χ2v) is 6.66. The molecule has 0 aromatic heterocycles. The molecule has 0 bridgehead atoms. The number of carbonyl (C=O) groups is 2. The molecule has 0 heterocycles. The number of carbonyl (C=O) groups excluding carboxylic acids is 2. The van der Waals surface area contributed by atoms with Crippen molar-refractivity contribution in [3.8, 4) is 0 Å². The summed E-state index contributed by atoms with van der Waals surface area (Å²) in [7, 11) is 0. The standard InChI is InChI=1S/C18H18BrN3O3S/c1-11-6-7-12(10-14(11)19)16(24)22-18(26)21-15-5-3-2-4-13(15)17(25)20-8-9-23/h2-7,10,23H,8-9H2,1H3,(H,20,25)(H2,21,22,24,26). The summed E-state index contributed by atoms with van der Waals surface area (Å²) in [6.45, 7) is 1.93. The van der Waals surface area contributed by atoms with Crippen molar-refractivity contribution in [2.24, 2.45) is 0 Å². The molecule has 0 radical (unpaired) electrons. The molecule has 136 valence electrons. The van der Waals surface area contributed by atoms with Crippen LogP contribution in [0.5, 0.6) is 0 Å². The first-order chi connectivity index (χ1) is 12.4. The van der Waals surface area contributed by atoms with Gasteiger partial charge >= 0.3 is 0 Å². The second-order valence-electron chi connectivity index (χ2n) is 5.40. The quantitative estimate of drug-likeness (QED) is 0.541. The molecule has 2 amide bonds. The van der Waals surface area contributed by atoms with E-state index in [0.717, 1.165) is 10.0 Å². The molecule has 0 atom stereocenters. The number of anilines is 1. The fourth-order valence-electron chi connectivity index (χ4n) is 2.12. The first kappa shape index (κ1) is 20.0. The number of aliphatic hydroxyl groups excluding tert-OH is 1. The summed E-state index contributed by atoms with van der Waals surface area (Å²) in [6, 6.07) is 12.0. The van der Waals surface area contributed by atoms with Crippen LogP contribution in [0, 0.1) is 6.92 Å². The molecular formula is C18H18BrN3O3S. The highest BCUT2D eigenvalue weighted by Crippen LogP contribution is 2.18. The molecular weight excluding hydrogens is 418 g/mol. The number of aliphatic hydroxyl groups is 1. The topological polar surface area (TPSA) is 90.5 Å². The van der Waals surface area contributed by atoms with E-state index >= 15 is 0 Å². The molecule has 2 aromatic carbocycles. The summed E-state index contributed by atoms with van der Waals surface area (Å²) < 4.78 is 0.829. The maximum absolute atomic E-state index is 12.3. The van der Waals surface area contributed by atoms with E-state index in [-0.39, 0.29) is 30.1 Å². The van der Waals surface area contributed by atoms with Crippen molar-refractivity contribution >= 4 is 50.8 Å². The van der Waals surface area contributed by atoms with Crippen LogP contribution in [0.1, 0.15) is 26.3 Å². The van der Waals surface area contributed by atoms with Gasteiger partial charge in [-0.3, -0.25) is 14.9 Å². The van der Waals surface area contributed by atoms with Crippen molar-refractivity contribution in [3.63, 3.8) is 0 Å². The van der Waals surface area contributed by atoms with Gasteiger partial charge in [0, 0.05) is 16.6 Å². The zero-order valence-electron chi connectivity index (χ0n) is 14.0. The number of para-hydroxylation sites is 1. The van der Waals surface area contributed by atoms with Gasteiger partial charge in [-0.25, -0.2) is 0 Å². The Morgan fingerprint density at radius 1 is 1.15 bits per heavy atom. The lowest BCUT2D eigenvalue weighted by Crippen LogP contribution is -2.35. The van der Waals surface area contributed by atoms with E-state index in [2.05, 4.69) is 31.9 Å². The van der Waals surface area contributed by atoms with Crippen LogP contribution in [0.25, 0.3) is 0 Å². The number of amides is 2. The third-order valence-electron chi connectivity index (χ3n) is 3.48. The molecule has 2 rings (SSSR count). The molecule has 0 spiro atoms. The molecule has 0 saturated heterocycles. The first-order valence-corrected chi connectivity index (χ1v) is 8.99. The minimum Gasteiger partial charge on any atom is -0.395 e. The molecule has 26 heavy (non-hydrogen) atoms. The summed E-state index contributed by atoms with van der Waals surface area (Å²) in [5.41, 5.74) is 2.29. The number of benzene rings is 2. The molecule has 8 heteroatoms. The van der Waals surface area contributed by atoms with Gasteiger partial charge < -0.3 is 15.7 Å². The summed E-state index contributed by atoms with van der Waals surface area (Å²) in [4.78, 5) is 24.4. The molecule has 6 nitrogen and oxygen atoms in total. The Balaban J connectivity index is 2.07. The molecule has 0 aliphatic carbocycles. The Kier molecular flexibility index (Phi) is 7.26. The molecule has 0 unspecified atom stereocenters. The van der Waals surface area contributed by atoms with E-state index in [1.807, 2.05) is 13.0 Å². The van der Waals surface area contributed by atoms with E-state index in [9.17, 15) is 9.59 Å². The number of halogens is 1. The Bertz CT molecular complexity index is 842. The minimum atomic E-state index is -0.356. The van der Waals surface area contributed by atoms with Crippen molar-refractivity contribution in [1.82, 2.24) is 10.6 Å². The summed E-state index contributed by atoms with van der Waals surface area (Å²) in [5.74, 6) is -0.704. The average Bonchev–Trinajstić information content (AvgIpc) is 2.62. The summed E-state index contributed by atoms with van der Waals surface area (Å²) >= 11 is 8.57. The smallest absolute Gasteiger partial charge is 0.257 e. The van der Waals surface area contributed by atoms with Crippen molar-refractivity contribution in [2.45, 2.75) is 6.92 Å². The fraction of sp³-hybridized carbons (Fsp3) is 0.167. The zero-order valence-corrected chi connectivity index (χ0v) is 16.4. The number of nitrogens with one attached hydrogen (secondary N) is 3. The monoisotopic (exact) mass is 435 g/mol. The maximum atomic E-state index is 12.3. The lowest BCUT2D eigenvalue weighted by atomic mass is 10.1. The molecule has 2 aromatic rings. The van der Waals surface area contributed by atoms with Crippen LogP contribution >= 0.6 is 28.1 Å². The number of hydrogen-bond donors (Lipinski definition) is 4. The van der Waals surface area contributed by atoms with Crippen LogP contribution in [0.15, 0.2) is 46.9 Å². The van der Waals surface area contributed by atoms with Crippen LogP contribution in [0.2, 0.25) is 0 Å². The van der Waals surface area contributed by atoms with Crippen molar-refractivity contribution in [3.05, 3.63) is 63.6 Å². The van der Waals surface area contributed by atoms with Gasteiger partial charge in [0.15, 0.2) is 5.11 Å². The van der Waals surface area contributed by atoms with Gasteiger partial charge in [-0.2, -0.15) is 0 Å². The first-order valence-electron chi connectivity index (χ1n) is 7.79. The van der Waals surface area contributed by atoms with Crippen LogP contribution in [-0.4, -0.2) is 35.2 Å². The molecule has 0 aliphatic rings. The van der Waals surface area contributed by atoms with Crippen molar-refractivity contribution < 1.29 is 14.7 Å². The van der Waals surface area contributed by atoms with E-state index < -0.39 is 0 Å². The number of thiocarbonyl (C=S) groups is 1. The lowest BCUT2D eigenvalue weighted by molar-refractivity contribution is 0.0944. The van der Waals surface area contributed by atoms with Crippen LogP contribution in [0.3, 0.4) is 0 Å². The molecule has 4 N–H and O–H groups in total. The Hall–Kier alpha value is -2.29. The van der Waals surface area contributed by atoms with Crippen LogP contribution in [0.4, 0.5) is 5.69 Å². The predicted octanol–water partition coefficient (Wildman–Crippen LogP) is 2.61. The Labute approximate surface area is 165 Å². The number of aryl methyl sites for hydroxylation is 1. The third-order valence-corrected chi connectivity index (χ3v) is 4.54. The predicted molar refractivity (Wildman–Crippen MR) is 108 cm³/mol. The van der Waals surface area contributed by atoms with Crippen LogP contribution < -0.4 is 16.0 Å². The van der Waals surface area contributed by atoms with Gasteiger partial charge in [-0.1, -0.05) is 34.1 Å². The van der Waals surface area contributed by atoms with Gasteiger partial charge in [0.25, 0.3) is 11.8 Å². The van der Waals surface area contributed by atoms with E-state index in [1.54, 1.807) is 36.4 Å². The molecule has 0 fully saturated rings. The highest BCUT2D eigenvalue weighted by Gasteiger charge is 2.13. The lowest BCUT2D eigenvalue weighted by Gasteiger charge is -2.13. The van der Waals surface area contributed by atoms with Gasteiger partial charge in [0.05, 0.1) is 17.9 Å². The van der Waals surface area contributed by atoms with E-state index in [0.29, 0.717) is 16.8 Å². The third kappa shape index (κ3) is 5.35. The van der Waals surface area contributed by atoms with E-state index in [4.69, 9.17) is 17.3 Å². The average molecular weight is 436 g/mol. The summed E-state index contributed by atoms with van der Waals surface area (Å²) in [5, 5.41) is 16.9. The highest BCUT2D eigenvalue weighted by molar-refractivity contribution is 9.10. The highest BCUT2D eigenvalue weighted by atomic mass is 79.9. The number of rotatable bonds is 5. The fourth-order valence-corrected chi connectivity index (χ4v) is 2.70. The van der Waals surface area contributed by atoms with Gasteiger partial charge in [-0.15, -0.1) is 0 Å². The Morgan fingerprint density at radius 3 is 2.58 bits per heavy atom. The van der Waals surface area contributed by atoms with Crippen molar-refractivity contribution in [2.75, 3.05) is 18.5 Å². The Morgan fingerprint density at radius 2 is 1.88 bits per heavy atom. The maximum Gasteiger partial charge on any atom is 0.257 e. The van der Waals surface area contributed by atoms with Gasteiger partial charge in [0.2, 0.25) is 0 Å². The van der Waals surface area contributed by atoms with E-state index in [1.165, 1.54) is 0 Å². The van der Waals surface area contributed by atoms with Gasteiger partial charge in [0.1, 0.15) is 0 Å². The van der Waals surface area contributed by atoms with Crippen molar-refractivity contribution in [1.29, 1.82) is 0 Å². The largest absolute Gasteiger partial charge is 0.395 e.